The fourth-order valence-electron chi connectivity index (χ4n) is 2.64. The molecule has 0 saturated carbocycles. The van der Waals surface area contributed by atoms with Crippen molar-refractivity contribution in [1.29, 1.82) is 0 Å². The number of imidazole rings is 1. The summed E-state index contributed by atoms with van der Waals surface area (Å²) < 4.78 is 2.65. The van der Waals surface area contributed by atoms with Crippen LogP contribution in [0, 0.1) is 4.77 Å². The Morgan fingerprint density at radius 1 is 1.00 bits per heavy atom. The molecule has 0 amide bonds. The molecule has 2 rings (SSSR count). The third-order valence-corrected chi connectivity index (χ3v) is 4.41. The van der Waals surface area contributed by atoms with Crippen LogP contribution in [-0.2, 0) is 17.9 Å². The minimum atomic E-state index is -0.133. The van der Waals surface area contributed by atoms with E-state index >= 15 is 0 Å². The van der Waals surface area contributed by atoms with Crippen molar-refractivity contribution in [2.75, 3.05) is 0 Å². The van der Waals surface area contributed by atoms with Gasteiger partial charge in [0.15, 0.2) is 4.77 Å². The molecular formula is C18H26N2OS. The van der Waals surface area contributed by atoms with Crippen molar-refractivity contribution in [1.82, 2.24) is 9.55 Å². The number of phenolic OH excluding ortho intramolecular Hbond substituents is 1. The number of hydrogen-bond donors (Lipinski definition) is 2. The molecule has 2 aromatic rings. The third kappa shape index (κ3) is 2.98. The standard InChI is InChI=1S/C18H26N2OS/c1-17(2,3)12-8-11(14-10-19-16(22)20(14)7)9-13(15(12)21)18(4,5)6/h8-10,21H,1-7H3,(H,19,22). The molecule has 1 aromatic heterocycles. The maximum atomic E-state index is 10.8. The van der Waals surface area contributed by atoms with Gasteiger partial charge in [-0.05, 0) is 35.2 Å². The fourth-order valence-corrected chi connectivity index (χ4v) is 2.79. The van der Waals surface area contributed by atoms with Crippen LogP contribution >= 0.6 is 12.2 Å². The van der Waals surface area contributed by atoms with E-state index in [4.69, 9.17) is 12.2 Å². The first-order valence-electron chi connectivity index (χ1n) is 7.55. The minimum absolute atomic E-state index is 0.133. The number of aromatic hydroxyl groups is 1. The number of aromatic amines is 1. The summed E-state index contributed by atoms with van der Waals surface area (Å²) >= 11 is 5.27. The Morgan fingerprint density at radius 3 is 1.77 bits per heavy atom. The maximum Gasteiger partial charge on any atom is 0.177 e. The molecule has 1 heterocycles. The van der Waals surface area contributed by atoms with E-state index in [9.17, 15) is 5.11 Å². The first-order valence-corrected chi connectivity index (χ1v) is 7.96. The van der Waals surface area contributed by atoms with Crippen LogP contribution in [0.15, 0.2) is 18.3 Å². The number of phenols is 1. The molecule has 2 N–H and O–H groups in total. The van der Waals surface area contributed by atoms with E-state index in [1.807, 2.05) is 17.8 Å². The fraction of sp³-hybridized carbons (Fsp3) is 0.500. The van der Waals surface area contributed by atoms with Gasteiger partial charge in [-0.25, -0.2) is 0 Å². The van der Waals surface area contributed by atoms with E-state index in [0.29, 0.717) is 10.5 Å². The van der Waals surface area contributed by atoms with Gasteiger partial charge < -0.3 is 14.7 Å². The normalized spacial score (nSPS) is 12.7. The summed E-state index contributed by atoms with van der Waals surface area (Å²) in [5.74, 6) is 0.403. The molecule has 0 atom stereocenters. The summed E-state index contributed by atoms with van der Waals surface area (Å²) in [6.45, 7) is 12.7. The Bertz CT molecular complexity index is 720. The monoisotopic (exact) mass is 318 g/mol. The van der Waals surface area contributed by atoms with E-state index < -0.39 is 0 Å². The van der Waals surface area contributed by atoms with Crippen molar-refractivity contribution in [2.24, 2.45) is 7.05 Å². The van der Waals surface area contributed by atoms with E-state index in [2.05, 4.69) is 58.7 Å². The number of nitrogens with zero attached hydrogens (tertiary/aromatic N) is 1. The van der Waals surface area contributed by atoms with E-state index in [0.717, 1.165) is 22.4 Å². The average Bonchev–Trinajstić information content (AvgIpc) is 2.68. The SMILES string of the molecule is Cn1c(-c2cc(C(C)(C)C)c(O)c(C(C)(C)C)c2)c[nH]c1=S. The lowest BCUT2D eigenvalue weighted by molar-refractivity contribution is 0.423. The van der Waals surface area contributed by atoms with Crippen LogP contribution in [0.3, 0.4) is 0 Å². The number of benzene rings is 1. The summed E-state index contributed by atoms with van der Waals surface area (Å²) in [4.78, 5) is 3.08. The van der Waals surface area contributed by atoms with Crippen LogP contribution in [0.1, 0.15) is 52.7 Å². The van der Waals surface area contributed by atoms with Crippen LogP contribution in [-0.4, -0.2) is 14.7 Å². The van der Waals surface area contributed by atoms with Gasteiger partial charge in [-0.3, -0.25) is 0 Å². The maximum absolute atomic E-state index is 10.8. The summed E-state index contributed by atoms with van der Waals surface area (Å²) in [5, 5.41) is 10.8. The average molecular weight is 318 g/mol. The second-order valence-corrected chi connectivity index (χ2v) is 8.34. The molecule has 0 spiro atoms. The molecule has 0 aliphatic carbocycles. The quantitative estimate of drug-likeness (QED) is 0.722. The molecule has 0 aliphatic rings. The first kappa shape index (κ1) is 16.8. The van der Waals surface area contributed by atoms with Crippen LogP contribution in [0.5, 0.6) is 5.75 Å². The van der Waals surface area contributed by atoms with Gasteiger partial charge in [0.1, 0.15) is 5.75 Å². The van der Waals surface area contributed by atoms with Gasteiger partial charge in [0.05, 0.1) is 5.69 Å². The van der Waals surface area contributed by atoms with Gasteiger partial charge in [0, 0.05) is 29.9 Å². The molecule has 0 saturated heterocycles. The summed E-state index contributed by atoms with van der Waals surface area (Å²) in [7, 11) is 1.95. The minimum Gasteiger partial charge on any atom is -0.507 e. The van der Waals surface area contributed by atoms with E-state index in [-0.39, 0.29) is 10.8 Å². The summed E-state index contributed by atoms with van der Waals surface area (Å²) in [6.07, 6.45) is 1.92. The third-order valence-electron chi connectivity index (χ3n) is 4.02. The first-order chi connectivity index (χ1) is 9.93. The van der Waals surface area contributed by atoms with Crippen molar-refractivity contribution < 1.29 is 5.11 Å². The van der Waals surface area contributed by atoms with E-state index in [1.54, 1.807) is 0 Å². The number of H-pyrrole nitrogens is 1. The molecular weight excluding hydrogens is 292 g/mol. The highest BCUT2D eigenvalue weighted by atomic mass is 32.1. The summed E-state index contributed by atoms with van der Waals surface area (Å²) in [5.41, 5.74) is 3.75. The molecule has 4 heteroatoms. The lowest BCUT2D eigenvalue weighted by Crippen LogP contribution is -2.17. The molecule has 1 aromatic carbocycles. The van der Waals surface area contributed by atoms with Crippen molar-refractivity contribution in [2.45, 2.75) is 52.4 Å². The Morgan fingerprint density at radius 2 is 1.45 bits per heavy atom. The zero-order valence-corrected chi connectivity index (χ0v) is 15.4. The molecule has 0 unspecified atom stereocenters. The van der Waals surface area contributed by atoms with Crippen LogP contribution in [0.4, 0.5) is 0 Å². The van der Waals surface area contributed by atoms with Crippen LogP contribution in [0.2, 0.25) is 0 Å². The topological polar surface area (TPSA) is 41.0 Å². The van der Waals surface area contributed by atoms with Gasteiger partial charge in [0.25, 0.3) is 0 Å². The number of nitrogens with one attached hydrogen (secondary N) is 1. The van der Waals surface area contributed by atoms with E-state index in [1.165, 1.54) is 0 Å². The highest BCUT2D eigenvalue weighted by Gasteiger charge is 2.27. The van der Waals surface area contributed by atoms with Crippen molar-refractivity contribution in [3.8, 4) is 17.0 Å². The molecule has 22 heavy (non-hydrogen) atoms. The van der Waals surface area contributed by atoms with Gasteiger partial charge in [0.2, 0.25) is 0 Å². The largest absolute Gasteiger partial charge is 0.507 e. The molecule has 0 fully saturated rings. The molecule has 3 nitrogen and oxygen atoms in total. The number of rotatable bonds is 1. The lowest BCUT2D eigenvalue weighted by Gasteiger charge is -2.28. The van der Waals surface area contributed by atoms with Gasteiger partial charge in [-0.15, -0.1) is 0 Å². The smallest absolute Gasteiger partial charge is 0.177 e. The van der Waals surface area contributed by atoms with Gasteiger partial charge in [-0.1, -0.05) is 41.5 Å². The van der Waals surface area contributed by atoms with Crippen molar-refractivity contribution >= 4 is 12.2 Å². The predicted molar refractivity (Wildman–Crippen MR) is 95.1 cm³/mol. The molecule has 0 bridgehead atoms. The molecule has 0 radical (unpaired) electrons. The Hall–Kier alpha value is -1.55. The highest BCUT2D eigenvalue weighted by molar-refractivity contribution is 7.71. The number of aromatic nitrogens is 2. The molecule has 0 aliphatic heterocycles. The summed E-state index contributed by atoms with van der Waals surface area (Å²) in [6, 6.07) is 4.14. The Kier molecular flexibility index (Phi) is 4.03. The predicted octanol–water partition coefficient (Wildman–Crippen LogP) is 5.05. The zero-order chi connectivity index (χ0) is 16.9. The van der Waals surface area contributed by atoms with Gasteiger partial charge >= 0.3 is 0 Å². The Labute approximate surface area is 138 Å². The Balaban J connectivity index is 2.82. The van der Waals surface area contributed by atoms with Crippen molar-refractivity contribution in [3.05, 3.63) is 34.2 Å². The zero-order valence-electron chi connectivity index (χ0n) is 14.5. The highest BCUT2D eigenvalue weighted by Crippen LogP contribution is 2.41. The number of hydrogen-bond acceptors (Lipinski definition) is 2. The van der Waals surface area contributed by atoms with Crippen LogP contribution in [0.25, 0.3) is 11.3 Å². The second kappa shape index (κ2) is 5.27. The molecule has 120 valence electrons. The van der Waals surface area contributed by atoms with Crippen molar-refractivity contribution in [3.63, 3.8) is 0 Å². The van der Waals surface area contributed by atoms with Gasteiger partial charge in [-0.2, -0.15) is 0 Å². The second-order valence-electron chi connectivity index (χ2n) is 7.96. The lowest BCUT2D eigenvalue weighted by atomic mass is 9.78. The van der Waals surface area contributed by atoms with Crippen LogP contribution < -0.4 is 0 Å².